The van der Waals surface area contributed by atoms with Crippen molar-refractivity contribution in [1.29, 1.82) is 0 Å². The molecule has 0 spiro atoms. The number of ether oxygens (including phenoxy) is 1. The third-order valence-corrected chi connectivity index (χ3v) is 5.71. The average molecular weight is 420 g/mol. The van der Waals surface area contributed by atoms with E-state index in [-0.39, 0.29) is 11.9 Å². The standard InChI is InChI=1S/C25H29N3O3/c1-19-10-11-23(30-2)22(17-19)26-25(29)24(20-7-4-3-5-8-20)28-14-12-27(13-15-28)18-21-9-6-16-31-21/h3-11,16-17,24H,12-15,18H2,1-2H3,(H,26,29). The first kappa shape index (κ1) is 21.2. The number of piperazine rings is 1. The zero-order chi connectivity index (χ0) is 21.6. The molecule has 1 aliphatic heterocycles. The van der Waals surface area contributed by atoms with Crippen LogP contribution in [0.1, 0.15) is 22.9 Å². The number of hydrogen-bond donors (Lipinski definition) is 1. The van der Waals surface area contributed by atoms with E-state index in [1.165, 1.54) is 0 Å². The van der Waals surface area contributed by atoms with E-state index in [4.69, 9.17) is 9.15 Å². The van der Waals surface area contributed by atoms with Crippen molar-refractivity contribution in [1.82, 2.24) is 9.80 Å². The van der Waals surface area contributed by atoms with Crippen molar-refractivity contribution >= 4 is 11.6 Å². The molecule has 162 valence electrons. The van der Waals surface area contributed by atoms with Crippen LogP contribution in [0.25, 0.3) is 0 Å². The van der Waals surface area contributed by atoms with E-state index in [2.05, 4.69) is 15.1 Å². The van der Waals surface area contributed by atoms with Crippen LogP contribution < -0.4 is 10.1 Å². The van der Waals surface area contributed by atoms with Gasteiger partial charge in [-0.3, -0.25) is 14.6 Å². The first-order chi connectivity index (χ1) is 15.1. The Kier molecular flexibility index (Phi) is 6.70. The molecule has 0 bridgehead atoms. The van der Waals surface area contributed by atoms with Gasteiger partial charge in [-0.15, -0.1) is 0 Å². The second-order valence-corrected chi connectivity index (χ2v) is 7.90. The Morgan fingerprint density at radius 3 is 2.52 bits per heavy atom. The number of rotatable bonds is 7. The van der Waals surface area contributed by atoms with Crippen LogP contribution >= 0.6 is 0 Å². The second-order valence-electron chi connectivity index (χ2n) is 7.90. The molecule has 2 heterocycles. The van der Waals surface area contributed by atoms with Crippen LogP contribution in [0.5, 0.6) is 5.75 Å². The summed E-state index contributed by atoms with van der Waals surface area (Å²) in [7, 11) is 1.62. The lowest BCUT2D eigenvalue weighted by Crippen LogP contribution is -2.49. The lowest BCUT2D eigenvalue weighted by molar-refractivity contribution is -0.122. The Bertz CT molecular complexity index is 981. The number of carbonyl (C=O) groups is 1. The molecule has 6 heteroatoms. The molecular weight excluding hydrogens is 390 g/mol. The number of methoxy groups -OCH3 is 1. The average Bonchev–Trinajstić information content (AvgIpc) is 3.29. The fraction of sp³-hybridized carbons (Fsp3) is 0.320. The molecule has 1 N–H and O–H groups in total. The minimum absolute atomic E-state index is 0.0467. The van der Waals surface area contributed by atoms with Crippen molar-refractivity contribution < 1.29 is 13.9 Å². The van der Waals surface area contributed by atoms with Gasteiger partial charge in [-0.2, -0.15) is 0 Å². The maximum atomic E-state index is 13.5. The van der Waals surface area contributed by atoms with Gasteiger partial charge in [-0.1, -0.05) is 36.4 Å². The zero-order valence-electron chi connectivity index (χ0n) is 18.1. The van der Waals surface area contributed by atoms with Crippen LogP contribution in [0.4, 0.5) is 5.69 Å². The lowest BCUT2D eigenvalue weighted by Gasteiger charge is -2.38. The molecule has 0 radical (unpaired) electrons. The molecule has 2 aromatic carbocycles. The van der Waals surface area contributed by atoms with Crippen molar-refractivity contribution in [2.45, 2.75) is 19.5 Å². The highest BCUT2D eigenvalue weighted by atomic mass is 16.5. The summed E-state index contributed by atoms with van der Waals surface area (Å²) in [6.45, 7) is 6.17. The number of hydrogen-bond acceptors (Lipinski definition) is 5. The van der Waals surface area contributed by atoms with E-state index >= 15 is 0 Å². The maximum Gasteiger partial charge on any atom is 0.246 e. The Balaban J connectivity index is 1.50. The monoisotopic (exact) mass is 419 g/mol. The fourth-order valence-corrected chi connectivity index (χ4v) is 4.09. The van der Waals surface area contributed by atoms with Crippen LogP contribution in [-0.4, -0.2) is 49.0 Å². The number of nitrogens with zero attached hydrogens (tertiary/aromatic N) is 2. The normalized spacial score (nSPS) is 16.1. The van der Waals surface area contributed by atoms with Gasteiger partial charge >= 0.3 is 0 Å². The summed E-state index contributed by atoms with van der Waals surface area (Å²) in [5.41, 5.74) is 2.76. The Morgan fingerprint density at radius 2 is 1.84 bits per heavy atom. The number of aryl methyl sites for hydroxylation is 1. The molecule has 1 aromatic heterocycles. The van der Waals surface area contributed by atoms with Crippen molar-refractivity contribution in [2.75, 3.05) is 38.6 Å². The molecule has 1 fully saturated rings. The van der Waals surface area contributed by atoms with E-state index in [1.807, 2.05) is 67.6 Å². The van der Waals surface area contributed by atoms with Gasteiger partial charge in [-0.05, 0) is 42.3 Å². The molecule has 0 aliphatic carbocycles. The van der Waals surface area contributed by atoms with Gasteiger partial charge in [0.25, 0.3) is 0 Å². The summed E-state index contributed by atoms with van der Waals surface area (Å²) in [6, 6.07) is 19.3. The second kappa shape index (κ2) is 9.81. The molecular formula is C25H29N3O3. The van der Waals surface area contributed by atoms with E-state index in [1.54, 1.807) is 13.4 Å². The molecule has 0 saturated carbocycles. The van der Waals surface area contributed by atoms with Crippen molar-refractivity contribution in [2.24, 2.45) is 0 Å². The maximum absolute atomic E-state index is 13.5. The molecule has 3 aromatic rings. The van der Waals surface area contributed by atoms with Crippen molar-refractivity contribution in [3.8, 4) is 5.75 Å². The highest BCUT2D eigenvalue weighted by molar-refractivity contribution is 5.96. The van der Waals surface area contributed by atoms with E-state index in [0.717, 1.165) is 49.6 Å². The fourth-order valence-electron chi connectivity index (χ4n) is 4.09. The van der Waals surface area contributed by atoms with Crippen molar-refractivity contribution in [3.63, 3.8) is 0 Å². The van der Waals surface area contributed by atoms with Crippen LogP contribution in [0.15, 0.2) is 71.3 Å². The topological polar surface area (TPSA) is 58.0 Å². The molecule has 4 rings (SSSR count). The summed E-state index contributed by atoms with van der Waals surface area (Å²) in [6.07, 6.45) is 1.71. The SMILES string of the molecule is COc1ccc(C)cc1NC(=O)C(c1ccccc1)N1CCN(Cc2ccco2)CC1. The third kappa shape index (κ3) is 5.16. The predicted octanol–water partition coefficient (Wildman–Crippen LogP) is 4.09. The quantitative estimate of drug-likeness (QED) is 0.625. The van der Waals surface area contributed by atoms with Gasteiger partial charge in [-0.25, -0.2) is 0 Å². The number of benzene rings is 2. The first-order valence-corrected chi connectivity index (χ1v) is 10.6. The Labute approximate surface area is 183 Å². The highest BCUT2D eigenvalue weighted by Crippen LogP contribution is 2.29. The summed E-state index contributed by atoms with van der Waals surface area (Å²) in [5, 5.41) is 3.11. The smallest absolute Gasteiger partial charge is 0.246 e. The number of furan rings is 1. The van der Waals surface area contributed by atoms with Gasteiger partial charge < -0.3 is 14.5 Å². The van der Waals surface area contributed by atoms with Gasteiger partial charge in [0, 0.05) is 26.2 Å². The molecule has 1 atom stereocenters. The summed E-state index contributed by atoms with van der Waals surface area (Å²) in [4.78, 5) is 18.1. The summed E-state index contributed by atoms with van der Waals surface area (Å²) >= 11 is 0. The molecule has 1 saturated heterocycles. The summed E-state index contributed by atoms with van der Waals surface area (Å²) < 4.78 is 10.9. The zero-order valence-corrected chi connectivity index (χ0v) is 18.1. The lowest BCUT2D eigenvalue weighted by atomic mass is 10.0. The van der Waals surface area contributed by atoms with Crippen LogP contribution in [-0.2, 0) is 11.3 Å². The van der Waals surface area contributed by atoms with E-state index in [0.29, 0.717) is 11.4 Å². The minimum Gasteiger partial charge on any atom is -0.495 e. The Morgan fingerprint density at radius 1 is 1.06 bits per heavy atom. The summed E-state index contributed by atoms with van der Waals surface area (Å²) in [5.74, 6) is 1.58. The van der Waals surface area contributed by atoms with Gasteiger partial charge in [0.1, 0.15) is 17.6 Å². The highest BCUT2D eigenvalue weighted by Gasteiger charge is 2.31. The van der Waals surface area contributed by atoms with E-state index < -0.39 is 0 Å². The number of amides is 1. The molecule has 1 aliphatic rings. The first-order valence-electron chi connectivity index (χ1n) is 10.6. The Hall–Kier alpha value is -3.09. The van der Waals surface area contributed by atoms with Gasteiger partial charge in [0.2, 0.25) is 5.91 Å². The van der Waals surface area contributed by atoms with Gasteiger partial charge in [0.15, 0.2) is 0 Å². The number of anilines is 1. The minimum atomic E-state index is -0.364. The van der Waals surface area contributed by atoms with E-state index in [9.17, 15) is 4.79 Å². The molecule has 1 unspecified atom stereocenters. The van der Waals surface area contributed by atoms with Gasteiger partial charge in [0.05, 0.1) is 25.6 Å². The van der Waals surface area contributed by atoms with Crippen molar-refractivity contribution in [3.05, 3.63) is 83.8 Å². The number of nitrogens with one attached hydrogen (secondary N) is 1. The van der Waals surface area contributed by atoms with Crippen LogP contribution in [0.2, 0.25) is 0 Å². The third-order valence-electron chi connectivity index (χ3n) is 5.71. The molecule has 1 amide bonds. The molecule has 6 nitrogen and oxygen atoms in total. The number of carbonyl (C=O) groups excluding carboxylic acids is 1. The van der Waals surface area contributed by atoms with Crippen LogP contribution in [0, 0.1) is 6.92 Å². The molecule has 31 heavy (non-hydrogen) atoms. The largest absolute Gasteiger partial charge is 0.495 e. The predicted molar refractivity (Wildman–Crippen MR) is 121 cm³/mol. The van der Waals surface area contributed by atoms with Crippen LogP contribution in [0.3, 0.4) is 0 Å².